The number of fused-ring (bicyclic) bond motifs is 1. The molecule has 0 heterocycles. The van der Waals surface area contributed by atoms with Crippen LogP contribution in [0.4, 0.5) is 0 Å². The standard InChI is InChI=1S/C15H21OSi.C5H5.2ClH.Zr/c1-17(2,3)16-12-6-8-14-11-10-13-7-4-5-9-15(13)14;1-2-4-5-3-1;;;/h4-5,7,9-11H,6,8,12H2,1-3H3;1-3H,4H2;2*1H;/q2*-1;;;+2/p-2. The van der Waals surface area contributed by atoms with Gasteiger partial charge in [0.05, 0.1) is 0 Å². The van der Waals surface area contributed by atoms with Crippen LogP contribution in [0.3, 0.4) is 0 Å². The molecule has 0 spiro atoms. The number of halogens is 2. The zero-order chi connectivity index (χ0) is 15.8. The van der Waals surface area contributed by atoms with E-state index in [9.17, 15) is 0 Å². The number of aryl methyl sites for hydroxylation is 1. The number of hydrogen-bond donors (Lipinski definition) is 0. The van der Waals surface area contributed by atoms with Crippen molar-refractivity contribution in [3.63, 3.8) is 0 Å². The van der Waals surface area contributed by atoms with E-state index in [0.717, 1.165) is 25.9 Å². The molecule has 2 aromatic carbocycles. The summed E-state index contributed by atoms with van der Waals surface area (Å²) < 4.78 is 5.88. The maximum absolute atomic E-state index is 5.88. The van der Waals surface area contributed by atoms with Gasteiger partial charge in [0, 0.05) is 6.61 Å². The molecule has 25 heavy (non-hydrogen) atoms. The molecule has 1 aliphatic rings. The maximum Gasteiger partial charge on any atom is 2.00 e. The van der Waals surface area contributed by atoms with Crippen LogP contribution in [-0.2, 0) is 37.1 Å². The summed E-state index contributed by atoms with van der Waals surface area (Å²) in [6.45, 7) is 7.62. The van der Waals surface area contributed by atoms with Crippen LogP contribution in [0.15, 0.2) is 54.6 Å². The monoisotopic (exact) mass is 470 g/mol. The van der Waals surface area contributed by atoms with Crippen molar-refractivity contribution in [1.29, 1.82) is 0 Å². The second-order valence-corrected chi connectivity index (χ2v) is 11.0. The summed E-state index contributed by atoms with van der Waals surface area (Å²) >= 11 is 0. The van der Waals surface area contributed by atoms with Gasteiger partial charge in [-0.25, -0.2) is 12.2 Å². The van der Waals surface area contributed by atoms with Gasteiger partial charge in [-0.3, -0.25) is 6.08 Å². The average Bonchev–Trinajstić information content (AvgIpc) is 3.16. The Morgan fingerprint density at radius 3 is 2.40 bits per heavy atom. The first-order valence-electron chi connectivity index (χ1n) is 8.05. The molecular formula is C20H26Cl2OSiZr-2. The summed E-state index contributed by atoms with van der Waals surface area (Å²) in [4.78, 5) is 0. The zero-order valence-corrected chi connectivity index (χ0v) is 20.2. The third-order valence-electron chi connectivity index (χ3n) is 3.48. The van der Waals surface area contributed by atoms with E-state index >= 15 is 0 Å². The van der Waals surface area contributed by atoms with Crippen LogP contribution in [0.25, 0.3) is 10.8 Å². The van der Waals surface area contributed by atoms with E-state index in [2.05, 4.69) is 68.2 Å². The third kappa shape index (κ3) is 10.6. The Balaban J connectivity index is 0. The van der Waals surface area contributed by atoms with E-state index in [-0.39, 0.29) is 51.0 Å². The predicted molar refractivity (Wildman–Crippen MR) is 98.7 cm³/mol. The van der Waals surface area contributed by atoms with E-state index < -0.39 is 8.32 Å². The van der Waals surface area contributed by atoms with Gasteiger partial charge in [0.15, 0.2) is 8.32 Å². The summed E-state index contributed by atoms with van der Waals surface area (Å²) in [5.74, 6) is 0. The first kappa shape index (κ1) is 27.2. The fourth-order valence-electron chi connectivity index (χ4n) is 2.41. The quantitative estimate of drug-likeness (QED) is 0.329. The molecule has 2 aromatic rings. The molecule has 1 aliphatic carbocycles. The molecule has 0 amide bonds. The van der Waals surface area contributed by atoms with Crippen molar-refractivity contribution in [3.8, 4) is 0 Å². The minimum Gasteiger partial charge on any atom is -1.00 e. The molecular weight excluding hydrogens is 446 g/mol. The van der Waals surface area contributed by atoms with Crippen molar-refractivity contribution in [1.82, 2.24) is 0 Å². The summed E-state index contributed by atoms with van der Waals surface area (Å²) in [6, 6.07) is 13.1. The van der Waals surface area contributed by atoms with E-state index in [0.29, 0.717) is 0 Å². The van der Waals surface area contributed by atoms with Crippen LogP contribution < -0.4 is 24.8 Å². The third-order valence-corrected chi connectivity index (χ3v) is 4.55. The molecule has 5 heteroatoms. The van der Waals surface area contributed by atoms with Gasteiger partial charge in [-0.2, -0.15) is 12.1 Å². The summed E-state index contributed by atoms with van der Waals surface area (Å²) in [6.07, 6.45) is 12.2. The average molecular weight is 473 g/mol. The van der Waals surface area contributed by atoms with Gasteiger partial charge < -0.3 is 29.2 Å². The van der Waals surface area contributed by atoms with E-state index in [1.807, 2.05) is 12.2 Å². The number of rotatable bonds is 5. The summed E-state index contributed by atoms with van der Waals surface area (Å²) in [5.41, 5.74) is 1.46. The first-order valence-corrected chi connectivity index (χ1v) is 11.5. The minimum atomic E-state index is -1.33. The van der Waals surface area contributed by atoms with Crippen LogP contribution in [0.5, 0.6) is 0 Å². The Bertz CT molecular complexity index is 634. The first-order chi connectivity index (χ1) is 10.6. The molecule has 0 unspecified atom stereocenters. The van der Waals surface area contributed by atoms with Crippen molar-refractivity contribution in [2.24, 2.45) is 0 Å². The van der Waals surface area contributed by atoms with Crippen molar-refractivity contribution >= 4 is 19.1 Å². The van der Waals surface area contributed by atoms with Gasteiger partial charge in [-0.1, -0.05) is 12.5 Å². The second-order valence-electron chi connectivity index (χ2n) is 6.51. The molecule has 0 radical (unpaired) electrons. The van der Waals surface area contributed by atoms with Gasteiger partial charge in [0.1, 0.15) is 0 Å². The van der Waals surface area contributed by atoms with E-state index in [1.54, 1.807) is 0 Å². The maximum atomic E-state index is 5.88. The zero-order valence-electron chi connectivity index (χ0n) is 15.2. The van der Waals surface area contributed by atoms with Gasteiger partial charge in [0.2, 0.25) is 0 Å². The van der Waals surface area contributed by atoms with Crippen LogP contribution in [0, 0.1) is 6.08 Å². The normalized spacial score (nSPS) is 11.8. The molecule has 3 rings (SSSR count). The Kier molecular flexibility index (Phi) is 15.3. The number of benzene rings is 1. The Hall–Kier alpha value is -0.0500. The van der Waals surface area contributed by atoms with Crippen LogP contribution in [-0.4, -0.2) is 14.9 Å². The fraction of sp³-hybridized carbons (Fsp3) is 0.350. The Labute approximate surface area is 185 Å². The molecule has 136 valence electrons. The summed E-state index contributed by atoms with van der Waals surface area (Å²) in [7, 11) is -1.33. The number of allylic oxidation sites excluding steroid dienone is 4. The Morgan fingerprint density at radius 1 is 1.12 bits per heavy atom. The predicted octanol–water partition coefficient (Wildman–Crippen LogP) is -0.346. The van der Waals surface area contributed by atoms with Gasteiger partial charge in [-0.05, 0) is 26.1 Å². The smallest absolute Gasteiger partial charge is 1.00 e. The van der Waals surface area contributed by atoms with Crippen LogP contribution in [0.1, 0.15) is 18.4 Å². The minimum absolute atomic E-state index is 0. The van der Waals surface area contributed by atoms with Crippen molar-refractivity contribution in [2.75, 3.05) is 6.61 Å². The van der Waals surface area contributed by atoms with Crippen LogP contribution in [0.2, 0.25) is 19.6 Å². The molecule has 0 bridgehead atoms. The van der Waals surface area contributed by atoms with Gasteiger partial charge in [0.25, 0.3) is 0 Å². The van der Waals surface area contributed by atoms with E-state index in [4.69, 9.17) is 4.43 Å². The molecule has 0 atom stereocenters. The van der Waals surface area contributed by atoms with Crippen molar-refractivity contribution in [2.45, 2.75) is 38.9 Å². The van der Waals surface area contributed by atoms with Gasteiger partial charge >= 0.3 is 26.2 Å². The molecule has 0 aliphatic heterocycles. The van der Waals surface area contributed by atoms with Crippen molar-refractivity contribution in [3.05, 3.63) is 66.3 Å². The Morgan fingerprint density at radius 2 is 1.84 bits per heavy atom. The topological polar surface area (TPSA) is 9.23 Å². The van der Waals surface area contributed by atoms with Gasteiger partial charge in [-0.15, -0.1) is 47.0 Å². The molecule has 0 fully saturated rings. The largest absolute Gasteiger partial charge is 2.00 e. The van der Waals surface area contributed by atoms with E-state index in [1.165, 1.54) is 16.3 Å². The molecule has 0 N–H and O–H groups in total. The number of hydrogen-bond acceptors (Lipinski definition) is 1. The molecule has 0 saturated heterocycles. The van der Waals surface area contributed by atoms with Crippen LogP contribution >= 0.6 is 0 Å². The molecule has 0 saturated carbocycles. The van der Waals surface area contributed by atoms with Crippen molar-refractivity contribution < 1.29 is 55.4 Å². The molecule has 1 nitrogen and oxygen atoms in total. The SMILES string of the molecule is C[Si](C)(C)OCCC[c-]1ccc2ccccc21.[C-]1=CC=CC1.[Cl-].[Cl-].[Zr+2]. The summed E-state index contributed by atoms with van der Waals surface area (Å²) in [5, 5.41) is 2.76. The molecule has 0 aromatic heterocycles. The fourth-order valence-corrected chi connectivity index (χ4v) is 3.17. The second kappa shape index (κ2) is 14.1.